The van der Waals surface area contributed by atoms with E-state index in [0.717, 1.165) is 24.3 Å². The summed E-state index contributed by atoms with van der Waals surface area (Å²) in [5.74, 6) is -0.351. The van der Waals surface area contributed by atoms with E-state index in [1.165, 1.54) is 0 Å². The van der Waals surface area contributed by atoms with Gasteiger partial charge in [0.15, 0.2) is 0 Å². The minimum absolute atomic E-state index is 0.0542. The average Bonchev–Trinajstić information content (AvgIpc) is 2.63. The Morgan fingerprint density at radius 1 is 1.20 bits per heavy atom. The second kappa shape index (κ2) is 8.09. The van der Waals surface area contributed by atoms with Crippen LogP contribution < -0.4 is 10.9 Å². The van der Waals surface area contributed by atoms with Gasteiger partial charge in [-0.15, -0.1) is 0 Å². The fraction of sp³-hybridized carbons (Fsp3) is 0.368. The van der Waals surface area contributed by atoms with Gasteiger partial charge in [-0.2, -0.15) is 0 Å². The lowest BCUT2D eigenvalue weighted by atomic mass is 10.0. The van der Waals surface area contributed by atoms with Crippen LogP contribution in [0, 0.1) is 6.92 Å². The molecule has 1 aromatic carbocycles. The molecule has 1 saturated heterocycles. The second-order valence-corrected chi connectivity index (χ2v) is 6.17. The number of H-pyrrole nitrogens is 1. The number of pyridine rings is 1. The smallest absolute Gasteiger partial charge is 0.260 e. The molecule has 2 heterocycles. The summed E-state index contributed by atoms with van der Waals surface area (Å²) in [7, 11) is 0. The Morgan fingerprint density at radius 2 is 1.92 bits per heavy atom. The van der Waals surface area contributed by atoms with E-state index in [0.29, 0.717) is 19.8 Å². The van der Waals surface area contributed by atoms with Crippen LogP contribution >= 0.6 is 0 Å². The highest BCUT2D eigenvalue weighted by atomic mass is 16.5. The van der Waals surface area contributed by atoms with E-state index in [9.17, 15) is 9.59 Å². The van der Waals surface area contributed by atoms with Crippen LogP contribution in [-0.2, 0) is 4.74 Å². The summed E-state index contributed by atoms with van der Waals surface area (Å²) in [5.41, 5.74) is 1.65. The minimum atomic E-state index is -0.361. The van der Waals surface area contributed by atoms with E-state index in [-0.39, 0.29) is 23.1 Å². The van der Waals surface area contributed by atoms with E-state index in [1.807, 2.05) is 18.2 Å². The van der Waals surface area contributed by atoms with Gasteiger partial charge in [0.1, 0.15) is 5.56 Å². The Hall–Kier alpha value is -2.44. The van der Waals surface area contributed by atoms with Crippen molar-refractivity contribution >= 4 is 5.91 Å². The van der Waals surface area contributed by atoms with Crippen molar-refractivity contribution in [3.63, 3.8) is 0 Å². The van der Waals surface area contributed by atoms with Crippen LogP contribution in [0.15, 0.2) is 47.3 Å². The maximum Gasteiger partial charge on any atom is 0.260 e. The maximum absolute atomic E-state index is 12.4. The van der Waals surface area contributed by atoms with Crippen LogP contribution in [0.3, 0.4) is 0 Å². The van der Waals surface area contributed by atoms with Gasteiger partial charge in [0.05, 0.1) is 19.3 Å². The SMILES string of the molecule is Cc1ccc(C(=O)NC[C@@H](c2ccccc2)N2CCOCC2)c(=O)[nH]1. The fourth-order valence-corrected chi connectivity index (χ4v) is 3.06. The van der Waals surface area contributed by atoms with E-state index in [4.69, 9.17) is 4.74 Å². The molecule has 0 saturated carbocycles. The molecule has 1 aliphatic rings. The zero-order chi connectivity index (χ0) is 17.6. The van der Waals surface area contributed by atoms with Crippen molar-refractivity contribution in [2.24, 2.45) is 0 Å². The summed E-state index contributed by atoms with van der Waals surface area (Å²) in [5, 5.41) is 2.91. The number of nitrogens with zero attached hydrogens (tertiary/aromatic N) is 1. The summed E-state index contributed by atoms with van der Waals surface area (Å²) >= 11 is 0. The zero-order valence-corrected chi connectivity index (χ0v) is 14.3. The summed E-state index contributed by atoms with van der Waals surface area (Å²) in [6, 6.07) is 13.4. The third kappa shape index (κ3) is 4.35. The first-order chi connectivity index (χ1) is 12.1. The molecule has 6 heteroatoms. The Morgan fingerprint density at radius 3 is 2.60 bits per heavy atom. The summed E-state index contributed by atoms with van der Waals surface area (Å²) in [4.78, 5) is 29.3. The molecule has 0 unspecified atom stereocenters. The highest BCUT2D eigenvalue weighted by Crippen LogP contribution is 2.21. The Kier molecular flexibility index (Phi) is 5.63. The molecule has 0 spiro atoms. The van der Waals surface area contributed by atoms with Crippen LogP contribution in [0.1, 0.15) is 27.7 Å². The summed E-state index contributed by atoms with van der Waals surface area (Å²) < 4.78 is 5.43. The quantitative estimate of drug-likeness (QED) is 0.864. The fourth-order valence-electron chi connectivity index (χ4n) is 3.06. The lowest BCUT2D eigenvalue weighted by Gasteiger charge is -2.34. The molecule has 132 valence electrons. The van der Waals surface area contributed by atoms with Crippen molar-refractivity contribution in [2.45, 2.75) is 13.0 Å². The van der Waals surface area contributed by atoms with Crippen molar-refractivity contribution in [3.05, 3.63) is 69.6 Å². The van der Waals surface area contributed by atoms with Crippen LogP contribution in [0.5, 0.6) is 0 Å². The molecule has 3 rings (SSSR count). The number of hydrogen-bond acceptors (Lipinski definition) is 4. The average molecular weight is 341 g/mol. The van der Waals surface area contributed by atoms with E-state index >= 15 is 0 Å². The third-order valence-electron chi connectivity index (χ3n) is 4.43. The highest BCUT2D eigenvalue weighted by molar-refractivity contribution is 5.93. The number of amides is 1. The predicted octanol–water partition coefficient (Wildman–Crippen LogP) is 1.49. The molecular weight excluding hydrogens is 318 g/mol. The number of carbonyl (C=O) groups is 1. The molecule has 0 radical (unpaired) electrons. The molecule has 0 aliphatic carbocycles. The molecule has 1 atom stereocenters. The zero-order valence-electron chi connectivity index (χ0n) is 14.3. The number of morpholine rings is 1. The molecule has 25 heavy (non-hydrogen) atoms. The normalized spacial score (nSPS) is 16.4. The van der Waals surface area contributed by atoms with Gasteiger partial charge < -0.3 is 15.0 Å². The van der Waals surface area contributed by atoms with Crippen LogP contribution in [0.4, 0.5) is 0 Å². The molecular formula is C19H23N3O3. The van der Waals surface area contributed by atoms with E-state index in [1.54, 1.807) is 19.1 Å². The largest absolute Gasteiger partial charge is 0.379 e. The Balaban J connectivity index is 1.74. The van der Waals surface area contributed by atoms with Crippen molar-refractivity contribution < 1.29 is 9.53 Å². The van der Waals surface area contributed by atoms with Gasteiger partial charge in [-0.1, -0.05) is 30.3 Å². The van der Waals surface area contributed by atoms with Gasteiger partial charge in [-0.25, -0.2) is 0 Å². The topological polar surface area (TPSA) is 74.4 Å². The first-order valence-electron chi connectivity index (χ1n) is 8.50. The van der Waals surface area contributed by atoms with Crippen molar-refractivity contribution in [1.82, 2.24) is 15.2 Å². The number of aromatic nitrogens is 1. The van der Waals surface area contributed by atoms with Gasteiger partial charge in [-0.3, -0.25) is 14.5 Å². The Labute approximate surface area is 146 Å². The molecule has 1 aliphatic heterocycles. The number of benzene rings is 1. The van der Waals surface area contributed by atoms with Gasteiger partial charge in [0, 0.05) is 25.3 Å². The number of ether oxygens (including phenoxy) is 1. The van der Waals surface area contributed by atoms with Crippen LogP contribution in [0.25, 0.3) is 0 Å². The molecule has 0 bridgehead atoms. The van der Waals surface area contributed by atoms with Gasteiger partial charge in [0.2, 0.25) is 0 Å². The van der Waals surface area contributed by atoms with Crippen molar-refractivity contribution in [2.75, 3.05) is 32.8 Å². The number of carbonyl (C=O) groups excluding carboxylic acids is 1. The predicted molar refractivity (Wildman–Crippen MR) is 95.7 cm³/mol. The first-order valence-corrected chi connectivity index (χ1v) is 8.50. The first kappa shape index (κ1) is 17.4. The Bertz CT molecular complexity index is 767. The van der Waals surface area contributed by atoms with E-state index in [2.05, 4.69) is 27.3 Å². The molecule has 2 N–H and O–H groups in total. The summed E-state index contributed by atoms with van der Waals surface area (Å²) in [6.07, 6.45) is 0. The molecule has 1 fully saturated rings. The van der Waals surface area contributed by atoms with Crippen molar-refractivity contribution in [1.29, 1.82) is 0 Å². The number of hydrogen-bond donors (Lipinski definition) is 2. The molecule has 2 aromatic rings. The number of rotatable bonds is 5. The number of aromatic amines is 1. The number of aryl methyl sites for hydroxylation is 1. The maximum atomic E-state index is 12.4. The van der Waals surface area contributed by atoms with Gasteiger partial charge in [-0.05, 0) is 24.6 Å². The highest BCUT2D eigenvalue weighted by Gasteiger charge is 2.23. The van der Waals surface area contributed by atoms with Gasteiger partial charge >= 0.3 is 0 Å². The number of nitrogens with one attached hydrogen (secondary N) is 2. The molecule has 6 nitrogen and oxygen atoms in total. The van der Waals surface area contributed by atoms with Crippen LogP contribution in [0.2, 0.25) is 0 Å². The van der Waals surface area contributed by atoms with Crippen LogP contribution in [-0.4, -0.2) is 48.6 Å². The lowest BCUT2D eigenvalue weighted by Crippen LogP contribution is -2.44. The van der Waals surface area contributed by atoms with Gasteiger partial charge in [0.25, 0.3) is 11.5 Å². The second-order valence-electron chi connectivity index (χ2n) is 6.17. The molecule has 1 aromatic heterocycles. The summed E-state index contributed by atoms with van der Waals surface area (Å²) in [6.45, 7) is 5.24. The monoisotopic (exact) mass is 341 g/mol. The standard InChI is InChI=1S/C19H23N3O3/c1-14-7-8-16(19(24)21-14)18(23)20-13-17(15-5-3-2-4-6-15)22-9-11-25-12-10-22/h2-8,17H,9-13H2,1H3,(H,20,23)(H,21,24)/t17-/m0/s1. The van der Waals surface area contributed by atoms with E-state index < -0.39 is 0 Å². The lowest BCUT2D eigenvalue weighted by molar-refractivity contribution is 0.0162. The van der Waals surface area contributed by atoms with Crippen molar-refractivity contribution in [3.8, 4) is 0 Å². The minimum Gasteiger partial charge on any atom is -0.379 e. The third-order valence-corrected chi connectivity index (χ3v) is 4.43. The molecule has 1 amide bonds.